The van der Waals surface area contributed by atoms with Gasteiger partial charge in [-0.15, -0.1) is 12.3 Å². The van der Waals surface area contributed by atoms with E-state index in [9.17, 15) is 22.4 Å². The van der Waals surface area contributed by atoms with E-state index in [4.69, 9.17) is 11.5 Å². The van der Waals surface area contributed by atoms with Crippen LogP contribution in [0.2, 0.25) is 0 Å². The van der Waals surface area contributed by atoms with E-state index < -0.39 is 47.1 Å². The summed E-state index contributed by atoms with van der Waals surface area (Å²) in [6, 6.07) is 0.00293. The van der Waals surface area contributed by atoms with Gasteiger partial charge in [0.25, 0.3) is 0 Å². The summed E-state index contributed by atoms with van der Waals surface area (Å²) < 4.78 is 52.2. The fourth-order valence-electron chi connectivity index (χ4n) is 1.33. The smallest absolute Gasteiger partial charge is 0.312 e. The van der Waals surface area contributed by atoms with Crippen molar-refractivity contribution in [1.29, 1.82) is 0 Å². The SMILES string of the molecule is C#CCC(C(=O)O)c1c(F)c(F)cc(F)c1F. The van der Waals surface area contributed by atoms with E-state index in [0.29, 0.717) is 0 Å². The van der Waals surface area contributed by atoms with Crippen molar-refractivity contribution in [2.24, 2.45) is 0 Å². The highest BCUT2D eigenvalue weighted by molar-refractivity contribution is 5.76. The van der Waals surface area contributed by atoms with Crippen LogP contribution in [0, 0.1) is 35.6 Å². The van der Waals surface area contributed by atoms with Crippen molar-refractivity contribution in [3.05, 3.63) is 34.9 Å². The number of halogens is 4. The molecule has 0 aliphatic carbocycles. The minimum atomic E-state index is -1.83. The van der Waals surface area contributed by atoms with E-state index in [0.717, 1.165) is 0 Å². The fourth-order valence-corrected chi connectivity index (χ4v) is 1.33. The molecule has 0 heterocycles. The maximum absolute atomic E-state index is 13.3. The van der Waals surface area contributed by atoms with Crippen LogP contribution in [0.4, 0.5) is 17.6 Å². The second kappa shape index (κ2) is 4.87. The molecule has 1 rings (SSSR count). The first-order chi connectivity index (χ1) is 7.90. The molecule has 0 aromatic heterocycles. The van der Waals surface area contributed by atoms with Gasteiger partial charge in [-0.1, -0.05) is 0 Å². The predicted octanol–water partition coefficient (Wildman–Crippen LogP) is 2.43. The average molecular weight is 246 g/mol. The molecule has 1 unspecified atom stereocenters. The molecule has 1 aromatic rings. The van der Waals surface area contributed by atoms with Crippen LogP contribution in [0.25, 0.3) is 0 Å². The van der Waals surface area contributed by atoms with Crippen LogP contribution in [-0.2, 0) is 4.79 Å². The molecule has 2 nitrogen and oxygen atoms in total. The molecule has 0 radical (unpaired) electrons. The highest BCUT2D eigenvalue weighted by Crippen LogP contribution is 2.28. The van der Waals surface area contributed by atoms with E-state index in [1.807, 2.05) is 5.92 Å². The summed E-state index contributed by atoms with van der Waals surface area (Å²) in [6.45, 7) is 0. The number of aliphatic carboxylic acids is 1. The number of terminal acetylenes is 1. The van der Waals surface area contributed by atoms with Gasteiger partial charge in [-0.2, -0.15) is 0 Å². The molecule has 0 aliphatic rings. The molecule has 0 bridgehead atoms. The molecule has 0 saturated carbocycles. The number of hydrogen-bond donors (Lipinski definition) is 1. The van der Waals surface area contributed by atoms with Gasteiger partial charge >= 0.3 is 5.97 Å². The molecule has 1 N–H and O–H groups in total. The molecule has 0 spiro atoms. The topological polar surface area (TPSA) is 37.3 Å². The Morgan fingerprint density at radius 2 is 1.76 bits per heavy atom. The van der Waals surface area contributed by atoms with Crippen LogP contribution in [-0.4, -0.2) is 11.1 Å². The van der Waals surface area contributed by atoms with E-state index >= 15 is 0 Å². The third-order valence-electron chi connectivity index (χ3n) is 2.11. The van der Waals surface area contributed by atoms with Crippen molar-refractivity contribution in [1.82, 2.24) is 0 Å². The summed E-state index contributed by atoms with van der Waals surface area (Å²) in [5.41, 5.74) is -1.20. The second-order valence-electron chi connectivity index (χ2n) is 3.18. The van der Waals surface area contributed by atoms with Crippen LogP contribution in [0.5, 0.6) is 0 Å². The highest BCUT2D eigenvalue weighted by atomic mass is 19.2. The Bertz CT molecular complexity index is 479. The highest BCUT2D eigenvalue weighted by Gasteiger charge is 2.30. The van der Waals surface area contributed by atoms with E-state index in [-0.39, 0.29) is 6.07 Å². The molecule has 0 saturated heterocycles. The zero-order valence-corrected chi connectivity index (χ0v) is 8.31. The maximum atomic E-state index is 13.3. The Morgan fingerprint density at radius 1 is 1.29 bits per heavy atom. The number of carboxylic acid groups (broad SMARTS) is 1. The maximum Gasteiger partial charge on any atom is 0.312 e. The molecule has 6 heteroatoms. The first kappa shape index (κ1) is 13.0. The summed E-state index contributed by atoms with van der Waals surface area (Å²) in [5, 5.41) is 8.71. The molecule has 1 aromatic carbocycles. The molecule has 0 fully saturated rings. The van der Waals surface area contributed by atoms with E-state index in [2.05, 4.69) is 0 Å². The lowest BCUT2D eigenvalue weighted by molar-refractivity contribution is -0.138. The Labute approximate surface area is 93.9 Å². The van der Waals surface area contributed by atoms with Crippen molar-refractivity contribution >= 4 is 5.97 Å². The van der Waals surface area contributed by atoms with Crippen LogP contribution in [0.1, 0.15) is 17.9 Å². The Hall–Kier alpha value is -2.03. The fraction of sp³-hybridized carbons (Fsp3) is 0.182. The average Bonchev–Trinajstić information content (AvgIpc) is 2.25. The lowest BCUT2D eigenvalue weighted by atomic mass is 9.94. The van der Waals surface area contributed by atoms with Gasteiger partial charge < -0.3 is 5.11 Å². The summed E-state index contributed by atoms with van der Waals surface area (Å²) in [6.07, 6.45) is 4.26. The van der Waals surface area contributed by atoms with Crippen LogP contribution >= 0.6 is 0 Å². The molecule has 1 atom stereocenters. The monoisotopic (exact) mass is 246 g/mol. The third-order valence-corrected chi connectivity index (χ3v) is 2.11. The number of carbonyl (C=O) groups is 1. The zero-order valence-electron chi connectivity index (χ0n) is 8.31. The first-order valence-corrected chi connectivity index (χ1v) is 4.39. The molecular weight excluding hydrogens is 240 g/mol. The van der Waals surface area contributed by atoms with Crippen molar-refractivity contribution in [3.8, 4) is 12.3 Å². The van der Waals surface area contributed by atoms with Gasteiger partial charge in [-0.25, -0.2) is 17.6 Å². The lowest BCUT2D eigenvalue weighted by Gasteiger charge is -2.12. The van der Waals surface area contributed by atoms with Crippen molar-refractivity contribution in [2.45, 2.75) is 12.3 Å². The first-order valence-electron chi connectivity index (χ1n) is 4.39. The number of benzene rings is 1. The quantitative estimate of drug-likeness (QED) is 0.505. The van der Waals surface area contributed by atoms with Crippen LogP contribution in [0.3, 0.4) is 0 Å². The van der Waals surface area contributed by atoms with Crippen LogP contribution < -0.4 is 0 Å². The van der Waals surface area contributed by atoms with Crippen molar-refractivity contribution < 1.29 is 27.5 Å². The normalized spacial score (nSPS) is 11.9. The van der Waals surface area contributed by atoms with E-state index in [1.54, 1.807) is 0 Å². The summed E-state index contributed by atoms with van der Waals surface area (Å²) in [7, 11) is 0. The largest absolute Gasteiger partial charge is 0.481 e. The molecule has 0 amide bonds. The van der Waals surface area contributed by atoms with Gasteiger partial charge in [0.1, 0.15) is 0 Å². The third kappa shape index (κ3) is 2.38. The number of hydrogen-bond acceptors (Lipinski definition) is 1. The Morgan fingerprint density at radius 3 is 2.12 bits per heavy atom. The number of rotatable bonds is 3. The summed E-state index contributed by atoms with van der Waals surface area (Å²) in [4.78, 5) is 10.7. The standard InChI is InChI=1S/C11H6F4O2/c1-2-3-5(11(16)17)8-9(14)6(12)4-7(13)10(8)15/h1,4-5H,3H2,(H,16,17). The lowest BCUT2D eigenvalue weighted by Crippen LogP contribution is -2.16. The summed E-state index contributed by atoms with van der Waals surface area (Å²) in [5.74, 6) is -8.43. The zero-order chi connectivity index (χ0) is 13.2. The van der Waals surface area contributed by atoms with Crippen molar-refractivity contribution in [2.75, 3.05) is 0 Å². The minimum Gasteiger partial charge on any atom is -0.481 e. The van der Waals surface area contributed by atoms with Gasteiger partial charge in [0.15, 0.2) is 23.3 Å². The Kier molecular flexibility index (Phi) is 3.73. The van der Waals surface area contributed by atoms with Gasteiger partial charge in [0.05, 0.1) is 5.92 Å². The summed E-state index contributed by atoms with van der Waals surface area (Å²) >= 11 is 0. The van der Waals surface area contributed by atoms with Gasteiger partial charge in [0.2, 0.25) is 0 Å². The molecular formula is C11H6F4O2. The molecule has 90 valence electrons. The van der Waals surface area contributed by atoms with Gasteiger partial charge in [0, 0.05) is 18.1 Å². The van der Waals surface area contributed by atoms with Crippen molar-refractivity contribution in [3.63, 3.8) is 0 Å². The van der Waals surface area contributed by atoms with Crippen LogP contribution in [0.15, 0.2) is 6.07 Å². The van der Waals surface area contributed by atoms with E-state index in [1.165, 1.54) is 0 Å². The van der Waals surface area contributed by atoms with Gasteiger partial charge in [-0.3, -0.25) is 4.79 Å². The minimum absolute atomic E-state index is 0.00293. The molecule has 0 aliphatic heterocycles. The second-order valence-corrected chi connectivity index (χ2v) is 3.18. The van der Waals surface area contributed by atoms with Gasteiger partial charge in [-0.05, 0) is 0 Å². The number of carboxylic acids is 1. The predicted molar refractivity (Wildman–Crippen MR) is 50.1 cm³/mol. The molecule has 17 heavy (non-hydrogen) atoms. The Balaban J connectivity index is 3.47.